The van der Waals surface area contributed by atoms with Gasteiger partial charge in [0.05, 0.1) is 18.7 Å². The van der Waals surface area contributed by atoms with Crippen LogP contribution in [0, 0.1) is 0 Å². The van der Waals surface area contributed by atoms with Crippen molar-refractivity contribution in [2.45, 2.75) is 6.42 Å². The minimum absolute atomic E-state index is 0.0196. The maximum Gasteiger partial charge on any atom is 0.234 e. The van der Waals surface area contributed by atoms with Gasteiger partial charge in [0, 0.05) is 0 Å². The second kappa shape index (κ2) is 3.16. The molecule has 5 nitrogen and oxygen atoms in total. The number of Topliss-reactive ketones (excluding diaryl/α,β-unsaturated/α-hetero) is 1. The summed E-state index contributed by atoms with van der Waals surface area (Å²) in [5.41, 5.74) is 1.87. The van der Waals surface area contributed by atoms with Crippen molar-refractivity contribution in [2.75, 3.05) is 11.4 Å². The molecule has 1 aromatic heterocycles. The van der Waals surface area contributed by atoms with Gasteiger partial charge in [-0.2, -0.15) is 0 Å². The van der Waals surface area contributed by atoms with E-state index in [2.05, 4.69) is 4.98 Å². The summed E-state index contributed by atoms with van der Waals surface area (Å²) in [5, 5.41) is 0. The van der Waals surface area contributed by atoms with E-state index in [1.807, 2.05) is 0 Å². The maximum atomic E-state index is 11.6. The number of hydrogen-bond acceptors (Lipinski definition) is 4. The Morgan fingerprint density at radius 1 is 1.31 bits per heavy atom. The molecule has 0 unspecified atom stereocenters. The van der Waals surface area contributed by atoms with Gasteiger partial charge in [-0.3, -0.25) is 9.59 Å². The Morgan fingerprint density at radius 2 is 2.19 bits per heavy atom. The zero-order valence-corrected chi connectivity index (χ0v) is 8.34. The first-order valence-corrected chi connectivity index (χ1v) is 4.90. The van der Waals surface area contributed by atoms with Crippen molar-refractivity contribution in [1.29, 1.82) is 0 Å². The van der Waals surface area contributed by atoms with E-state index in [9.17, 15) is 9.59 Å². The van der Waals surface area contributed by atoms with E-state index in [4.69, 9.17) is 4.42 Å². The second-order valence-corrected chi connectivity index (χ2v) is 3.67. The fourth-order valence-corrected chi connectivity index (χ4v) is 1.89. The highest BCUT2D eigenvalue weighted by Gasteiger charge is 2.30. The molecule has 0 saturated carbocycles. The lowest BCUT2D eigenvalue weighted by atomic mass is 10.2. The molecular formula is C11H8N2O3. The molecule has 1 saturated heterocycles. The monoisotopic (exact) mass is 216 g/mol. The molecule has 3 rings (SSSR count). The lowest BCUT2D eigenvalue weighted by Crippen LogP contribution is -2.24. The van der Waals surface area contributed by atoms with Crippen LogP contribution < -0.4 is 4.90 Å². The fourth-order valence-electron chi connectivity index (χ4n) is 1.89. The number of ketones is 1. The predicted octanol–water partition coefficient (Wildman–Crippen LogP) is 1.13. The number of para-hydroxylation sites is 1. The number of rotatable bonds is 1. The van der Waals surface area contributed by atoms with E-state index in [1.54, 1.807) is 18.2 Å². The van der Waals surface area contributed by atoms with Crippen LogP contribution in [-0.2, 0) is 9.59 Å². The van der Waals surface area contributed by atoms with Crippen LogP contribution in [0.15, 0.2) is 29.0 Å². The smallest absolute Gasteiger partial charge is 0.234 e. The lowest BCUT2D eigenvalue weighted by Gasteiger charge is -2.14. The van der Waals surface area contributed by atoms with Crippen LogP contribution in [0.25, 0.3) is 11.1 Å². The molecule has 1 aliphatic rings. The number of fused-ring (bicyclic) bond motifs is 1. The largest absolute Gasteiger partial charge is 0.443 e. The molecular weight excluding hydrogens is 208 g/mol. The molecule has 16 heavy (non-hydrogen) atoms. The van der Waals surface area contributed by atoms with Gasteiger partial charge in [0.15, 0.2) is 17.8 Å². The van der Waals surface area contributed by atoms with Gasteiger partial charge in [-0.05, 0) is 12.1 Å². The topological polar surface area (TPSA) is 63.4 Å². The Morgan fingerprint density at radius 3 is 2.94 bits per heavy atom. The highest BCUT2D eigenvalue weighted by atomic mass is 16.3. The number of aromatic nitrogens is 1. The first kappa shape index (κ1) is 9.08. The summed E-state index contributed by atoms with van der Waals surface area (Å²) in [4.78, 5) is 28.3. The van der Waals surface area contributed by atoms with Crippen LogP contribution in [0.1, 0.15) is 6.42 Å². The van der Waals surface area contributed by atoms with Gasteiger partial charge in [0.1, 0.15) is 5.52 Å². The molecule has 5 heteroatoms. The molecule has 80 valence electrons. The standard InChI is InChI=1S/C11H8N2O3/c14-7-4-10(15)13(5-7)8-2-1-3-9-11(8)12-6-16-9/h1-3,6H,4-5H2. The van der Waals surface area contributed by atoms with Crippen LogP contribution in [0.4, 0.5) is 5.69 Å². The van der Waals surface area contributed by atoms with Gasteiger partial charge in [0.2, 0.25) is 5.91 Å². The zero-order chi connectivity index (χ0) is 11.1. The Kier molecular flexibility index (Phi) is 1.80. The number of hydrogen-bond donors (Lipinski definition) is 0. The van der Waals surface area contributed by atoms with Crippen molar-refractivity contribution in [2.24, 2.45) is 0 Å². The van der Waals surface area contributed by atoms with E-state index in [1.165, 1.54) is 11.3 Å². The average molecular weight is 216 g/mol. The summed E-state index contributed by atoms with van der Waals surface area (Å²) in [7, 11) is 0. The number of benzene rings is 1. The van der Waals surface area contributed by atoms with Crippen molar-refractivity contribution in [3.63, 3.8) is 0 Å². The molecule has 0 bridgehead atoms. The number of anilines is 1. The van der Waals surface area contributed by atoms with Gasteiger partial charge < -0.3 is 9.32 Å². The van der Waals surface area contributed by atoms with E-state index in [0.717, 1.165) is 0 Å². The summed E-state index contributed by atoms with van der Waals surface area (Å²) < 4.78 is 5.15. The normalized spacial score (nSPS) is 16.4. The second-order valence-electron chi connectivity index (χ2n) is 3.67. The molecule has 2 aromatic rings. The highest BCUT2D eigenvalue weighted by molar-refractivity contribution is 6.17. The molecule has 1 aromatic carbocycles. The molecule has 1 fully saturated rings. The Bertz CT molecular complexity index is 588. The number of oxazole rings is 1. The average Bonchev–Trinajstić information content (AvgIpc) is 2.84. The number of nitrogens with zero attached hydrogens (tertiary/aromatic N) is 2. The first-order valence-electron chi connectivity index (χ1n) is 4.90. The lowest BCUT2D eigenvalue weighted by molar-refractivity contribution is -0.121. The van der Waals surface area contributed by atoms with Crippen LogP contribution in [0.2, 0.25) is 0 Å². The maximum absolute atomic E-state index is 11.6. The predicted molar refractivity (Wildman–Crippen MR) is 56.0 cm³/mol. The summed E-state index contributed by atoms with van der Waals surface area (Å²) in [6, 6.07) is 5.31. The number of carbonyl (C=O) groups excluding carboxylic acids is 2. The van der Waals surface area contributed by atoms with Crippen molar-refractivity contribution in [1.82, 2.24) is 4.98 Å². The third kappa shape index (κ3) is 1.21. The molecule has 2 heterocycles. The van der Waals surface area contributed by atoms with Gasteiger partial charge in [-0.15, -0.1) is 0 Å². The van der Waals surface area contributed by atoms with Gasteiger partial charge in [-0.1, -0.05) is 6.07 Å². The van der Waals surface area contributed by atoms with Gasteiger partial charge in [-0.25, -0.2) is 4.98 Å². The third-order valence-corrected chi connectivity index (χ3v) is 2.61. The molecule has 0 N–H and O–H groups in total. The Balaban J connectivity index is 2.15. The number of carbonyl (C=O) groups is 2. The van der Waals surface area contributed by atoms with E-state index < -0.39 is 0 Å². The third-order valence-electron chi connectivity index (χ3n) is 2.61. The van der Waals surface area contributed by atoms with Gasteiger partial charge in [0.25, 0.3) is 0 Å². The minimum atomic E-state index is -0.180. The molecule has 0 aliphatic carbocycles. The van der Waals surface area contributed by atoms with Crippen molar-refractivity contribution < 1.29 is 14.0 Å². The quantitative estimate of drug-likeness (QED) is 0.670. The fraction of sp³-hybridized carbons (Fsp3) is 0.182. The van der Waals surface area contributed by atoms with Crippen molar-refractivity contribution >= 4 is 28.5 Å². The summed E-state index contributed by atoms with van der Waals surface area (Å²) in [5.74, 6) is -0.244. The minimum Gasteiger partial charge on any atom is -0.443 e. The van der Waals surface area contributed by atoms with Crippen molar-refractivity contribution in [3.8, 4) is 0 Å². The molecule has 1 aliphatic heterocycles. The van der Waals surface area contributed by atoms with E-state index >= 15 is 0 Å². The SMILES string of the molecule is O=C1CC(=O)N(c2cccc3ocnc23)C1. The van der Waals surface area contributed by atoms with Crippen molar-refractivity contribution in [3.05, 3.63) is 24.6 Å². The van der Waals surface area contributed by atoms with Crippen LogP contribution in [-0.4, -0.2) is 23.2 Å². The summed E-state index contributed by atoms with van der Waals surface area (Å²) >= 11 is 0. The summed E-state index contributed by atoms with van der Waals surface area (Å²) in [6.07, 6.45) is 1.31. The summed E-state index contributed by atoms with van der Waals surface area (Å²) in [6.45, 7) is 0.130. The first-order chi connectivity index (χ1) is 7.75. The number of amides is 1. The molecule has 0 spiro atoms. The van der Waals surface area contributed by atoms with Crippen LogP contribution in [0.3, 0.4) is 0 Å². The highest BCUT2D eigenvalue weighted by Crippen LogP contribution is 2.27. The molecule has 0 atom stereocenters. The molecule has 0 radical (unpaired) electrons. The zero-order valence-electron chi connectivity index (χ0n) is 8.34. The van der Waals surface area contributed by atoms with E-state index in [0.29, 0.717) is 16.8 Å². The Labute approximate surface area is 90.7 Å². The van der Waals surface area contributed by atoms with Crippen LogP contribution in [0.5, 0.6) is 0 Å². The Hall–Kier alpha value is -2.17. The van der Waals surface area contributed by atoms with Crippen LogP contribution >= 0.6 is 0 Å². The molecule has 1 amide bonds. The van der Waals surface area contributed by atoms with Gasteiger partial charge >= 0.3 is 0 Å². The van der Waals surface area contributed by atoms with E-state index in [-0.39, 0.29) is 24.7 Å².